The number of aryl methyl sites for hydroxylation is 1. The third kappa shape index (κ3) is 1.87. The van der Waals surface area contributed by atoms with Crippen molar-refractivity contribution >= 4 is 0 Å². The zero-order chi connectivity index (χ0) is 11.7. The summed E-state index contributed by atoms with van der Waals surface area (Å²) < 4.78 is 5.78. The molecule has 2 N–H and O–H groups in total. The molecule has 0 saturated heterocycles. The molecule has 1 aliphatic rings. The first-order chi connectivity index (χ1) is 8.38. The number of nitrogens with two attached hydrogens (primary N) is 1. The number of nitrogens with zero attached hydrogens (tertiary/aromatic N) is 1. The van der Waals surface area contributed by atoms with Gasteiger partial charge in [0.25, 0.3) is 0 Å². The SMILES string of the molecule is NCCCc1ncc(C2Cc3ccccc32)o1. The highest BCUT2D eigenvalue weighted by atomic mass is 16.4. The maximum Gasteiger partial charge on any atom is 0.194 e. The van der Waals surface area contributed by atoms with Gasteiger partial charge in [-0.3, -0.25) is 0 Å². The summed E-state index contributed by atoms with van der Waals surface area (Å²) in [6.45, 7) is 0.684. The summed E-state index contributed by atoms with van der Waals surface area (Å²) in [5.74, 6) is 2.22. The molecule has 3 rings (SSSR count). The molecular formula is C14H16N2O. The molecule has 88 valence electrons. The molecule has 0 fully saturated rings. The second kappa shape index (κ2) is 4.34. The Morgan fingerprint density at radius 2 is 2.24 bits per heavy atom. The van der Waals surface area contributed by atoms with Crippen molar-refractivity contribution in [3.8, 4) is 0 Å². The number of benzene rings is 1. The van der Waals surface area contributed by atoms with E-state index in [0.717, 1.165) is 30.9 Å². The predicted molar refractivity (Wildman–Crippen MR) is 65.9 cm³/mol. The molecule has 1 aromatic heterocycles. The topological polar surface area (TPSA) is 52.0 Å². The van der Waals surface area contributed by atoms with Gasteiger partial charge in [-0.2, -0.15) is 0 Å². The van der Waals surface area contributed by atoms with Crippen LogP contribution in [0.15, 0.2) is 34.9 Å². The van der Waals surface area contributed by atoms with E-state index in [1.54, 1.807) is 0 Å². The summed E-state index contributed by atoms with van der Waals surface area (Å²) >= 11 is 0. The van der Waals surface area contributed by atoms with E-state index in [1.807, 2.05) is 6.20 Å². The van der Waals surface area contributed by atoms with Gasteiger partial charge in [0.2, 0.25) is 0 Å². The van der Waals surface area contributed by atoms with E-state index in [9.17, 15) is 0 Å². The van der Waals surface area contributed by atoms with E-state index >= 15 is 0 Å². The number of fused-ring (bicyclic) bond motifs is 1. The average Bonchev–Trinajstić information content (AvgIpc) is 2.76. The monoisotopic (exact) mass is 228 g/mol. The molecule has 0 bridgehead atoms. The largest absolute Gasteiger partial charge is 0.445 e. The highest BCUT2D eigenvalue weighted by Gasteiger charge is 2.29. The molecular weight excluding hydrogens is 212 g/mol. The van der Waals surface area contributed by atoms with Gasteiger partial charge >= 0.3 is 0 Å². The molecule has 0 amide bonds. The van der Waals surface area contributed by atoms with Crippen LogP contribution in [0, 0.1) is 0 Å². The Hall–Kier alpha value is -1.61. The summed E-state index contributed by atoms with van der Waals surface area (Å²) in [4.78, 5) is 4.31. The highest BCUT2D eigenvalue weighted by molar-refractivity contribution is 5.44. The van der Waals surface area contributed by atoms with Crippen LogP contribution in [0.3, 0.4) is 0 Å². The van der Waals surface area contributed by atoms with E-state index in [1.165, 1.54) is 11.1 Å². The molecule has 1 unspecified atom stereocenters. The lowest BCUT2D eigenvalue weighted by atomic mass is 9.76. The molecule has 1 aromatic carbocycles. The smallest absolute Gasteiger partial charge is 0.194 e. The van der Waals surface area contributed by atoms with Gasteiger partial charge < -0.3 is 10.2 Å². The van der Waals surface area contributed by atoms with Gasteiger partial charge in [0.15, 0.2) is 5.89 Å². The van der Waals surface area contributed by atoms with E-state index in [2.05, 4.69) is 29.2 Å². The minimum absolute atomic E-state index is 0.408. The van der Waals surface area contributed by atoms with Crippen LogP contribution in [-0.2, 0) is 12.8 Å². The van der Waals surface area contributed by atoms with E-state index in [4.69, 9.17) is 10.2 Å². The Kier molecular flexibility index (Phi) is 2.69. The summed E-state index contributed by atoms with van der Waals surface area (Å²) in [7, 11) is 0. The van der Waals surface area contributed by atoms with Crippen molar-refractivity contribution < 1.29 is 4.42 Å². The third-order valence-corrected chi connectivity index (χ3v) is 3.36. The molecule has 3 nitrogen and oxygen atoms in total. The van der Waals surface area contributed by atoms with Crippen molar-refractivity contribution in [3.63, 3.8) is 0 Å². The van der Waals surface area contributed by atoms with Gasteiger partial charge in [0, 0.05) is 12.3 Å². The van der Waals surface area contributed by atoms with Crippen LogP contribution < -0.4 is 5.73 Å². The molecule has 0 radical (unpaired) electrons. The fraction of sp³-hybridized carbons (Fsp3) is 0.357. The van der Waals surface area contributed by atoms with E-state index in [0.29, 0.717) is 12.5 Å². The van der Waals surface area contributed by atoms with Gasteiger partial charge in [0.05, 0.1) is 6.20 Å². The highest BCUT2D eigenvalue weighted by Crippen LogP contribution is 2.39. The summed E-state index contributed by atoms with van der Waals surface area (Å²) in [5, 5.41) is 0. The molecule has 0 saturated carbocycles. The van der Waals surface area contributed by atoms with Crippen molar-refractivity contribution in [2.24, 2.45) is 5.73 Å². The fourth-order valence-electron chi connectivity index (χ4n) is 2.37. The second-order valence-corrected chi connectivity index (χ2v) is 4.50. The van der Waals surface area contributed by atoms with Crippen molar-refractivity contribution in [2.45, 2.75) is 25.2 Å². The van der Waals surface area contributed by atoms with Crippen LogP contribution in [0.5, 0.6) is 0 Å². The molecule has 17 heavy (non-hydrogen) atoms. The Labute approximate surface area is 101 Å². The third-order valence-electron chi connectivity index (χ3n) is 3.36. The summed E-state index contributed by atoms with van der Waals surface area (Å²) in [6, 6.07) is 8.52. The summed E-state index contributed by atoms with van der Waals surface area (Å²) in [5.41, 5.74) is 8.29. The lowest BCUT2D eigenvalue weighted by molar-refractivity contribution is 0.423. The van der Waals surface area contributed by atoms with Gasteiger partial charge in [-0.15, -0.1) is 0 Å². The van der Waals surface area contributed by atoms with E-state index < -0.39 is 0 Å². The molecule has 1 aliphatic carbocycles. The van der Waals surface area contributed by atoms with Crippen molar-refractivity contribution in [1.82, 2.24) is 4.98 Å². The van der Waals surface area contributed by atoms with Gasteiger partial charge in [-0.1, -0.05) is 24.3 Å². The molecule has 1 atom stereocenters. The number of hydrogen-bond donors (Lipinski definition) is 1. The molecule has 2 aromatic rings. The molecule has 3 heteroatoms. The Morgan fingerprint density at radius 1 is 1.35 bits per heavy atom. The minimum atomic E-state index is 0.408. The molecule has 1 heterocycles. The van der Waals surface area contributed by atoms with Crippen LogP contribution in [0.4, 0.5) is 0 Å². The first-order valence-electron chi connectivity index (χ1n) is 6.11. The van der Waals surface area contributed by atoms with Crippen LogP contribution in [0.1, 0.15) is 35.1 Å². The van der Waals surface area contributed by atoms with Crippen LogP contribution in [0.25, 0.3) is 0 Å². The number of hydrogen-bond acceptors (Lipinski definition) is 3. The Balaban J connectivity index is 1.76. The lowest BCUT2D eigenvalue weighted by Gasteiger charge is -2.27. The Morgan fingerprint density at radius 3 is 3.06 bits per heavy atom. The van der Waals surface area contributed by atoms with Crippen molar-refractivity contribution in [1.29, 1.82) is 0 Å². The van der Waals surface area contributed by atoms with Gasteiger partial charge in [-0.05, 0) is 30.5 Å². The Bertz CT molecular complexity index is 518. The normalized spacial score (nSPS) is 17.6. The van der Waals surface area contributed by atoms with Gasteiger partial charge in [0.1, 0.15) is 5.76 Å². The standard InChI is InChI=1S/C14H16N2O/c15-7-3-6-14-16-9-13(17-14)12-8-10-4-1-2-5-11(10)12/h1-2,4-5,9,12H,3,6-8,15H2. The zero-order valence-electron chi connectivity index (χ0n) is 9.73. The van der Waals surface area contributed by atoms with Crippen LogP contribution in [0.2, 0.25) is 0 Å². The number of aromatic nitrogens is 1. The van der Waals surface area contributed by atoms with Gasteiger partial charge in [-0.25, -0.2) is 4.98 Å². The minimum Gasteiger partial charge on any atom is -0.445 e. The summed E-state index contributed by atoms with van der Waals surface area (Å²) in [6.07, 6.45) is 4.71. The lowest BCUT2D eigenvalue weighted by Crippen LogP contribution is -2.17. The van der Waals surface area contributed by atoms with Crippen molar-refractivity contribution in [2.75, 3.05) is 6.54 Å². The zero-order valence-corrected chi connectivity index (χ0v) is 9.73. The van der Waals surface area contributed by atoms with Crippen LogP contribution >= 0.6 is 0 Å². The fourth-order valence-corrected chi connectivity index (χ4v) is 2.37. The molecule has 0 aliphatic heterocycles. The number of rotatable bonds is 4. The van der Waals surface area contributed by atoms with Crippen LogP contribution in [-0.4, -0.2) is 11.5 Å². The second-order valence-electron chi connectivity index (χ2n) is 4.50. The van der Waals surface area contributed by atoms with Crippen molar-refractivity contribution in [3.05, 3.63) is 53.2 Å². The first kappa shape index (κ1) is 10.5. The average molecular weight is 228 g/mol. The maximum atomic E-state index is 5.78. The quantitative estimate of drug-likeness (QED) is 0.873. The van der Waals surface area contributed by atoms with E-state index in [-0.39, 0.29) is 0 Å². The molecule has 0 spiro atoms. The maximum absolute atomic E-state index is 5.78. The first-order valence-corrected chi connectivity index (χ1v) is 6.11. The predicted octanol–water partition coefficient (Wildman–Crippen LogP) is 2.25. The number of oxazole rings is 1.